The molecule has 1 aromatic carbocycles. The summed E-state index contributed by atoms with van der Waals surface area (Å²) in [4.78, 5) is 53.4. The third-order valence-electron chi connectivity index (χ3n) is 7.46. The first-order chi connectivity index (χ1) is 18.1. The summed E-state index contributed by atoms with van der Waals surface area (Å²) in [5.74, 6) is -3.83. The molecular formula is C25H29FN4O7S. The van der Waals surface area contributed by atoms with E-state index in [4.69, 9.17) is 10.5 Å². The minimum Gasteiger partial charge on any atom is -0.436 e. The summed E-state index contributed by atoms with van der Waals surface area (Å²) >= 11 is 0. The van der Waals surface area contributed by atoms with Gasteiger partial charge in [0.2, 0.25) is 5.54 Å². The lowest BCUT2D eigenvalue weighted by Crippen LogP contribution is -2.64. The highest BCUT2D eigenvalue weighted by atomic mass is 32.2. The van der Waals surface area contributed by atoms with Gasteiger partial charge < -0.3 is 20.7 Å². The van der Waals surface area contributed by atoms with E-state index in [0.717, 1.165) is 17.7 Å². The number of rotatable bonds is 3. The predicted octanol–water partition coefficient (Wildman–Crippen LogP) is 2.09. The number of hydrogen-bond acceptors (Lipinski definition) is 7. The number of halogens is 1. The predicted molar refractivity (Wildman–Crippen MR) is 131 cm³/mol. The van der Waals surface area contributed by atoms with Crippen molar-refractivity contribution in [2.45, 2.75) is 68.5 Å². The van der Waals surface area contributed by atoms with Gasteiger partial charge in [-0.05, 0) is 62.6 Å². The van der Waals surface area contributed by atoms with Crippen LogP contribution in [0.5, 0.6) is 0 Å². The minimum absolute atomic E-state index is 0.0755. The second-order valence-electron chi connectivity index (χ2n) is 9.81. The lowest BCUT2D eigenvalue weighted by atomic mass is 9.91. The van der Waals surface area contributed by atoms with Crippen LogP contribution in [0.25, 0.3) is 0 Å². The van der Waals surface area contributed by atoms with E-state index in [9.17, 15) is 32.0 Å². The number of primary amides is 1. The number of nitrogens with zero attached hydrogens (tertiary/aromatic N) is 2. The molecule has 1 aromatic rings. The summed E-state index contributed by atoms with van der Waals surface area (Å²) in [7, 11) is -3.19. The van der Waals surface area contributed by atoms with Crippen LogP contribution in [0.3, 0.4) is 0 Å². The molecule has 2 heterocycles. The number of fused-ring (bicyclic) bond motifs is 2. The molecule has 0 spiro atoms. The van der Waals surface area contributed by atoms with Crippen molar-refractivity contribution in [3.05, 3.63) is 47.8 Å². The molecule has 1 aliphatic carbocycles. The smallest absolute Gasteiger partial charge is 0.405 e. The molecule has 3 N–H and O–H groups in total. The maximum atomic E-state index is 14.2. The fraction of sp³-hybridized carbons (Fsp3) is 0.520. The Hall–Kier alpha value is -3.61. The topological polar surface area (TPSA) is 165 Å². The summed E-state index contributed by atoms with van der Waals surface area (Å²) in [6.07, 6.45) is 4.58. The van der Waals surface area contributed by atoms with Crippen molar-refractivity contribution >= 4 is 34.3 Å². The maximum Gasteiger partial charge on any atom is 0.405 e. The van der Waals surface area contributed by atoms with E-state index in [1.807, 2.05) is 12.2 Å². The summed E-state index contributed by atoms with van der Waals surface area (Å²) < 4.78 is 45.1. The van der Waals surface area contributed by atoms with Gasteiger partial charge >= 0.3 is 16.6 Å². The third kappa shape index (κ3) is 5.33. The average molecular weight is 549 g/mol. The maximum absolute atomic E-state index is 14.2. The standard InChI is InChI=1S/C25H29FN4O7S/c26-18-10-6-9-16(14-18)24-15-17(24)8-4-2-1-3-5-11-19(37-23(27)34)20(31)30-13-7-12-25(30,21(32)28-24)22(33)29-38(35)36/h4,6,8-10,14,17,19H,1-3,5,7,11-13,15H2,(H2,27,34)(H,28,32). The van der Waals surface area contributed by atoms with Crippen LogP contribution in [0.1, 0.15) is 56.9 Å². The number of amides is 4. The molecule has 38 heavy (non-hydrogen) atoms. The lowest BCUT2D eigenvalue weighted by Gasteiger charge is -2.37. The van der Waals surface area contributed by atoms with E-state index in [-0.39, 0.29) is 31.7 Å². The van der Waals surface area contributed by atoms with Gasteiger partial charge in [-0.2, -0.15) is 8.42 Å². The molecule has 2 fully saturated rings. The molecule has 2 aliphatic heterocycles. The van der Waals surface area contributed by atoms with Crippen LogP contribution < -0.4 is 11.1 Å². The van der Waals surface area contributed by atoms with Gasteiger partial charge in [-0.1, -0.05) is 35.1 Å². The minimum atomic E-state index is -3.19. The molecule has 0 radical (unpaired) electrons. The van der Waals surface area contributed by atoms with Gasteiger partial charge in [0.05, 0.1) is 5.54 Å². The molecule has 0 bridgehead atoms. The van der Waals surface area contributed by atoms with Crippen LogP contribution in [0.2, 0.25) is 0 Å². The van der Waals surface area contributed by atoms with E-state index in [1.54, 1.807) is 6.07 Å². The first-order valence-electron chi connectivity index (χ1n) is 12.5. The monoisotopic (exact) mass is 548 g/mol. The molecule has 0 aromatic heterocycles. The highest BCUT2D eigenvalue weighted by molar-refractivity contribution is 7.62. The van der Waals surface area contributed by atoms with E-state index in [2.05, 4.69) is 9.68 Å². The number of hydrogen-bond donors (Lipinski definition) is 2. The number of nitrogens with two attached hydrogens (primary N) is 1. The SMILES string of the molecule is NC(=O)OC1CCCCCC=CC2CC2(c2cccc(F)c2)NC(=O)C2(C(=O)N=S(=O)=O)CCCN2C1=O. The number of ether oxygens (including phenoxy) is 1. The highest BCUT2D eigenvalue weighted by Gasteiger charge is 2.62. The van der Waals surface area contributed by atoms with Crippen LogP contribution in [0.4, 0.5) is 9.18 Å². The zero-order valence-electron chi connectivity index (χ0n) is 20.6. The van der Waals surface area contributed by atoms with Crippen LogP contribution in [-0.4, -0.2) is 55.3 Å². The van der Waals surface area contributed by atoms with E-state index in [1.165, 1.54) is 18.2 Å². The Morgan fingerprint density at radius 3 is 2.68 bits per heavy atom. The van der Waals surface area contributed by atoms with E-state index < -0.39 is 57.3 Å². The number of benzene rings is 1. The summed E-state index contributed by atoms with van der Waals surface area (Å²) in [6.45, 7) is -0.0755. The second-order valence-corrected chi connectivity index (χ2v) is 10.4. The third-order valence-corrected chi connectivity index (χ3v) is 7.78. The molecule has 4 rings (SSSR count). The molecule has 11 nitrogen and oxygen atoms in total. The molecule has 1 saturated carbocycles. The zero-order valence-corrected chi connectivity index (χ0v) is 21.4. The van der Waals surface area contributed by atoms with Gasteiger partial charge in [0, 0.05) is 12.5 Å². The van der Waals surface area contributed by atoms with Crippen LogP contribution in [-0.2, 0) is 35.2 Å². The quantitative estimate of drug-likeness (QED) is 0.431. The summed E-state index contributed by atoms with van der Waals surface area (Å²) in [6, 6.07) is 5.73. The number of nitrogens with one attached hydrogen (secondary N) is 1. The Labute approximate surface area is 220 Å². The van der Waals surface area contributed by atoms with Crippen LogP contribution >= 0.6 is 0 Å². The zero-order chi connectivity index (χ0) is 27.5. The fourth-order valence-corrected chi connectivity index (χ4v) is 5.82. The average Bonchev–Trinajstić information content (AvgIpc) is 3.35. The van der Waals surface area contributed by atoms with Crippen molar-refractivity contribution in [3.63, 3.8) is 0 Å². The first kappa shape index (κ1) is 27.4. The van der Waals surface area contributed by atoms with E-state index >= 15 is 0 Å². The Morgan fingerprint density at radius 1 is 1.18 bits per heavy atom. The lowest BCUT2D eigenvalue weighted by molar-refractivity contribution is -0.157. The molecule has 4 unspecified atom stereocenters. The van der Waals surface area contributed by atoms with E-state index in [0.29, 0.717) is 24.8 Å². The van der Waals surface area contributed by atoms with Gasteiger partial charge in [-0.15, -0.1) is 0 Å². The van der Waals surface area contributed by atoms with Gasteiger partial charge in [0.15, 0.2) is 6.10 Å². The van der Waals surface area contributed by atoms with Crippen molar-refractivity contribution in [2.75, 3.05) is 6.54 Å². The largest absolute Gasteiger partial charge is 0.436 e. The molecular weight excluding hydrogens is 519 g/mol. The fourth-order valence-electron chi connectivity index (χ4n) is 5.53. The Kier molecular flexibility index (Phi) is 7.95. The van der Waals surface area contributed by atoms with Crippen molar-refractivity contribution in [3.8, 4) is 0 Å². The molecule has 204 valence electrons. The second kappa shape index (κ2) is 11.0. The first-order valence-corrected chi connectivity index (χ1v) is 13.5. The van der Waals surface area contributed by atoms with Gasteiger partial charge in [0.1, 0.15) is 5.82 Å². The Morgan fingerprint density at radius 2 is 1.97 bits per heavy atom. The van der Waals surface area contributed by atoms with Gasteiger partial charge in [0.25, 0.3) is 17.7 Å². The number of allylic oxidation sites excluding steroid dienone is 1. The molecule has 4 amide bonds. The highest BCUT2D eigenvalue weighted by Crippen LogP contribution is 2.53. The van der Waals surface area contributed by atoms with Gasteiger partial charge in [-0.25, -0.2) is 9.18 Å². The summed E-state index contributed by atoms with van der Waals surface area (Å²) in [5, 5.41) is 2.86. The van der Waals surface area contributed by atoms with Crippen molar-refractivity contribution in [1.29, 1.82) is 0 Å². The van der Waals surface area contributed by atoms with Crippen LogP contribution in [0.15, 0.2) is 40.8 Å². The summed E-state index contributed by atoms with van der Waals surface area (Å²) in [5.41, 5.74) is 2.30. The molecule has 13 heteroatoms. The van der Waals surface area contributed by atoms with Crippen molar-refractivity contribution in [1.82, 2.24) is 10.2 Å². The van der Waals surface area contributed by atoms with Crippen LogP contribution in [0, 0.1) is 11.7 Å². The number of carbonyl (C=O) groups excluding carboxylic acids is 4. The molecule has 4 atom stereocenters. The Bertz CT molecular complexity index is 1310. The molecule has 3 aliphatic rings. The van der Waals surface area contributed by atoms with Crippen molar-refractivity contribution in [2.24, 2.45) is 16.0 Å². The molecule has 1 saturated heterocycles. The Balaban J connectivity index is 1.82. The number of carbonyl (C=O) groups is 4. The normalized spacial score (nSPS) is 29.7. The van der Waals surface area contributed by atoms with Gasteiger partial charge in [-0.3, -0.25) is 14.4 Å². The van der Waals surface area contributed by atoms with Crippen molar-refractivity contribution < 1.29 is 36.7 Å².